The van der Waals surface area contributed by atoms with E-state index in [2.05, 4.69) is 26.8 Å². The summed E-state index contributed by atoms with van der Waals surface area (Å²) in [6.07, 6.45) is 15.5. The fourth-order valence-electron chi connectivity index (χ4n) is 8.14. The zero-order valence-corrected chi connectivity index (χ0v) is 16.4. The highest BCUT2D eigenvalue weighted by atomic mass is 16.5. The average Bonchev–Trinajstić information content (AvgIpc) is 2.92. The van der Waals surface area contributed by atoms with E-state index in [-0.39, 0.29) is 0 Å². The summed E-state index contributed by atoms with van der Waals surface area (Å²) < 4.78 is 5.89. The predicted octanol–water partition coefficient (Wildman–Crippen LogP) is 6.24. The molecule has 4 rings (SSSR count). The van der Waals surface area contributed by atoms with Gasteiger partial charge >= 0.3 is 0 Å². The molecule has 4 aliphatic carbocycles. The van der Waals surface area contributed by atoms with Gasteiger partial charge in [-0.15, -0.1) is 0 Å². The Balaban J connectivity index is 1.66. The van der Waals surface area contributed by atoms with E-state index >= 15 is 0 Å². The highest BCUT2D eigenvalue weighted by molar-refractivity contribution is 5.23. The van der Waals surface area contributed by atoms with E-state index in [0.717, 1.165) is 36.2 Å². The lowest BCUT2D eigenvalue weighted by atomic mass is 9.44. The molecule has 1 unspecified atom stereocenters. The highest BCUT2D eigenvalue weighted by Gasteiger charge is 2.60. The number of hydrogen-bond acceptors (Lipinski definition) is 1. The van der Waals surface area contributed by atoms with Gasteiger partial charge in [0.05, 0.1) is 6.61 Å². The van der Waals surface area contributed by atoms with Crippen molar-refractivity contribution < 1.29 is 4.74 Å². The third-order valence-electron chi connectivity index (χ3n) is 9.24. The summed E-state index contributed by atoms with van der Waals surface area (Å²) >= 11 is 0. The molecule has 1 nitrogen and oxygen atoms in total. The van der Waals surface area contributed by atoms with Crippen LogP contribution in [0.25, 0.3) is 0 Å². The molecule has 0 aromatic heterocycles. The van der Waals surface area contributed by atoms with E-state index in [4.69, 9.17) is 4.74 Å². The van der Waals surface area contributed by atoms with Crippen molar-refractivity contribution in [2.75, 3.05) is 13.7 Å². The van der Waals surface area contributed by atoms with Gasteiger partial charge in [-0.05, 0) is 98.7 Å². The molecule has 0 radical (unpaired) electrons. The molecule has 1 heteroatoms. The van der Waals surface area contributed by atoms with Gasteiger partial charge in [0.15, 0.2) is 0 Å². The molecule has 0 N–H and O–H groups in total. The second kappa shape index (κ2) is 6.15. The summed E-state index contributed by atoms with van der Waals surface area (Å²) in [6.45, 7) is 8.40. The summed E-state index contributed by atoms with van der Waals surface area (Å²) in [6, 6.07) is 0. The van der Waals surface area contributed by atoms with Crippen molar-refractivity contribution in [3.05, 3.63) is 11.6 Å². The van der Waals surface area contributed by atoms with Crippen molar-refractivity contribution in [3.63, 3.8) is 0 Å². The Morgan fingerprint density at radius 3 is 2.67 bits per heavy atom. The highest BCUT2D eigenvalue weighted by Crippen LogP contribution is 2.67. The first-order chi connectivity index (χ1) is 11.5. The molecule has 0 saturated heterocycles. The van der Waals surface area contributed by atoms with Crippen molar-refractivity contribution in [1.82, 2.24) is 0 Å². The van der Waals surface area contributed by atoms with Gasteiger partial charge in [0, 0.05) is 7.11 Å². The molecule has 0 aromatic rings. The molecule has 4 aliphatic rings. The molecular weight excluding hydrogens is 292 g/mol. The topological polar surface area (TPSA) is 9.23 Å². The van der Waals surface area contributed by atoms with Gasteiger partial charge in [0.2, 0.25) is 0 Å². The summed E-state index contributed by atoms with van der Waals surface area (Å²) in [5, 5.41) is 0. The molecule has 0 bridgehead atoms. The Morgan fingerprint density at radius 1 is 1.08 bits per heavy atom. The third kappa shape index (κ3) is 2.29. The quantitative estimate of drug-likeness (QED) is 0.545. The Morgan fingerprint density at radius 2 is 1.92 bits per heavy atom. The number of methoxy groups -OCH3 is 1. The van der Waals surface area contributed by atoms with Gasteiger partial charge in [0.25, 0.3) is 0 Å². The second-order valence-electron chi connectivity index (χ2n) is 10.0. The molecule has 24 heavy (non-hydrogen) atoms. The van der Waals surface area contributed by atoms with E-state index in [9.17, 15) is 0 Å². The van der Waals surface area contributed by atoms with E-state index in [1.54, 1.807) is 5.57 Å². The fourth-order valence-corrected chi connectivity index (χ4v) is 8.14. The van der Waals surface area contributed by atoms with Crippen LogP contribution >= 0.6 is 0 Å². The predicted molar refractivity (Wildman–Crippen MR) is 101 cm³/mol. The van der Waals surface area contributed by atoms with Crippen LogP contribution in [0.3, 0.4) is 0 Å². The normalized spacial score (nSPS) is 52.7. The Hall–Kier alpha value is -0.300. The zero-order chi connectivity index (χ0) is 16.9. The molecule has 0 spiro atoms. The van der Waals surface area contributed by atoms with Crippen LogP contribution < -0.4 is 0 Å². The first-order valence-corrected chi connectivity index (χ1v) is 10.7. The van der Waals surface area contributed by atoms with Crippen LogP contribution in [-0.2, 0) is 4.74 Å². The van der Waals surface area contributed by atoms with E-state index < -0.39 is 0 Å². The standard InChI is InChI=1S/C23H38O/c1-5-17-7-9-20-19-8-6-18-14-16(2)10-13-23(18,15-24-4)21(19)11-12-22(17,20)3/h5,16,18-21H,6-15H2,1-4H3/b17-5+/t16?,18-,19+,20+,21+,22-,23-/m1/s1. The fraction of sp³-hybridized carbons (Fsp3) is 0.913. The minimum absolute atomic E-state index is 0.518. The summed E-state index contributed by atoms with van der Waals surface area (Å²) in [4.78, 5) is 0. The maximum Gasteiger partial charge on any atom is 0.0524 e. The number of fused-ring (bicyclic) bond motifs is 5. The van der Waals surface area contributed by atoms with Crippen molar-refractivity contribution >= 4 is 0 Å². The van der Waals surface area contributed by atoms with Crippen LogP contribution in [0, 0.1) is 40.4 Å². The van der Waals surface area contributed by atoms with Gasteiger partial charge in [-0.2, -0.15) is 0 Å². The van der Waals surface area contributed by atoms with Gasteiger partial charge in [-0.1, -0.05) is 31.9 Å². The Kier molecular flexibility index (Phi) is 4.39. The van der Waals surface area contributed by atoms with Crippen molar-refractivity contribution in [2.45, 2.75) is 78.6 Å². The van der Waals surface area contributed by atoms with Gasteiger partial charge in [0.1, 0.15) is 0 Å². The monoisotopic (exact) mass is 330 g/mol. The largest absolute Gasteiger partial charge is 0.384 e. The van der Waals surface area contributed by atoms with Crippen LogP contribution in [0.4, 0.5) is 0 Å². The minimum atomic E-state index is 0.518. The van der Waals surface area contributed by atoms with Crippen LogP contribution in [0.15, 0.2) is 11.6 Å². The molecule has 136 valence electrons. The van der Waals surface area contributed by atoms with E-state index in [1.165, 1.54) is 57.8 Å². The van der Waals surface area contributed by atoms with Crippen molar-refractivity contribution in [3.8, 4) is 0 Å². The smallest absolute Gasteiger partial charge is 0.0524 e. The summed E-state index contributed by atoms with van der Waals surface area (Å²) in [7, 11) is 1.95. The molecule has 4 saturated carbocycles. The van der Waals surface area contributed by atoms with Crippen LogP contribution in [-0.4, -0.2) is 13.7 Å². The first-order valence-electron chi connectivity index (χ1n) is 10.7. The molecule has 0 amide bonds. The molecule has 7 atom stereocenters. The van der Waals surface area contributed by atoms with Gasteiger partial charge < -0.3 is 4.74 Å². The lowest BCUT2D eigenvalue weighted by molar-refractivity contribution is -0.142. The molecule has 4 fully saturated rings. The van der Waals surface area contributed by atoms with Crippen LogP contribution in [0.1, 0.15) is 78.6 Å². The van der Waals surface area contributed by atoms with Gasteiger partial charge in [-0.25, -0.2) is 0 Å². The molecule has 0 aliphatic heterocycles. The summed E-state index contributed by atoms with van der Waals surface area (Å²) in [5.41, 5.74) is 2.83. The average molecular weight is 331 g/mol. The molecule has 0 aromatic carbocycles. The number of rotatable bonds is 2. The Bertz CT molecular complexity index is 508. The zero-order valence-electron chi connectivity index (χ0n) is 16.4. The number of ether oxygens (including phenoxy) is 1. The SMILES string of the molecule is C/C=C1\CC[C@H]2[C@@H]3CC[C@@H]4CC(C)CC[C@]4(COC)[C@H]3CC[C@]12C. The summed E-state index contributed by atoms with van der Waals surface area (Å²) in [5.74, 6) is 4.75. The maximum atomic E-state index is 5.89. The van der Waals surface area contributed by atoms with E-state index in [0.29, 0.717) is 10.8 Å². The van der Waals surface area contributed by atoms with Crippen molar-refractivity contribution in [2.24, 2.45) is 40.4 Å². The number of allylic oxidation sites excluding steroid dienone is 2. The number of hydrogen-bond donors (Lipinski definition) is 0. The van der Waals surface area contributed by atoms with Gasteiger partial charge in [-0.3, -0.25) is 0 Å². The first kappa shape index (κ1) is 17.1. The third-order valence-corrected chi connectivity index (χ3v) is 9.24. The molecule has 0 heterocycles. The van der Waals surface area contributed by atoms with Crippen molar-refractivity contribution in [1.29, 1.82) is 0 Å². The maximum absolute atomic E-state index is 5.89. The lowest BCUT2D eigenvalue weighted by Gasteiger charge is -2.61. The van der Waals surface area contributed by atoms with Crippen LogP contribution in [0.2, 0.25) is 0 Å². The molecular formula is C23H38O. The van der Waals surface area contributed by atoms with Crippen LogP contribution in [0.5, 0.6) is 0 Å². The van der Waals surface area contributed by atoms with E-state index in [1.807, 2.05) is 7.11 Å². The lowest BCUT2D eigenvalue weighted by Crippen LogP contribution is -2.55. The minimum Gasteiger partial charge on any atom is -0.384 e. The second-order valence-corrected chi connectivity index (χ2v) is 10.0. The Labute approximate surface area is 149 Å².